The molecule has 5 aliphatic heterocycles. The SMILES string of the molecule is O=C(O)c1c(Cl)c(Cl)c(Cl)c(Cl)c1C1=c2cc3c4c(c2Oc2c1cc1c5c2CCCN5CCCC1)CCC[N+]=4CCC3. The van der Waals surface area contributed by atoms with Crippen molar-refractivity contribution in [2.75, 3.05) is 31.1 Å². The van der Waals surface area contributed by atoms with Gasteiger partial charge in [0.25, 0.3) is 0 Å². The summed E-state index contributed by atoms with van der Waals surface area (Å²) >= 11 is 26.8. The van der Waals surface area contributed by atoms with Crippen molar-refractivity contribution in [3.63, 3.8) is 0 Å². The summed E-state index contributed by atoms with van der Waals surface area (Å²) in [6.45, 7) is 4.15. The Labute approximate surface area is 263 Å². The fourth-order valence-corrected chi connectivity index (χ4v) is 9.04. The van der Waals surface area contributed by atoms with Crippen LogP contribution in [0, 0.1) is 0 Å². The van der Waals surface area contributed by atoms with Gasteiger partial charge in [0.05, 0.1) is 31.2 Å². The fraction of sp³-hybridized carbons (Fsp3) is 0.394. The lowest BCUT2D eigenvalue weighted by Crippen LogP contribution is -2.45. The molecule has 0 unspecified atom stereocenters. The zero-order chi connectivity index (χ0) is 28.9. The molecule has 1 N–H and O–H groups in total. The van der Waals surface area contributed by atoms with Gasteiger partial charge in [-0.1, -0.05) is 46.4 Å². The molecule has 8 rings (SSSR count). The number of rotatable bonds is 2. The smallest absolute Gasteiger partial charge is 0.337 e. The molecule has 0 spiro atoms. The third-order valence-corrected chi connectivity index (χ3v) is 11.5. The molecule has 0 atom stereocenters. The fourth-order valence-electron chi connectivity index (χ4n) is 8.01. The molecular formula is C33H29Cl4N2O3+. The van der Waals surface area contributed by atoms with Crippen LogP contribution in [-0.4, -0.2) is 37.3 Å². The predicted octanol–water partition coefficient (Wildman–Crippen LogP) is 6.82. The average molecular weight is 643 g/mol. The summed E-state index contributed by atoms with van der Waals surface area (Å²) in [7, 11) is 0. The van der Waals surface area contributed by atoms with Crippen LogP contribution in [0.25, 0.3) is 5.57 Å². The number of ether oxygens (including phenoxy) is 1. The van der Waals surface area contributed by atoms with E-state index in [1.165, 1.54) is 33.3 Å². The van der Waals surface area contributed by atoms with E-state index in [-0.39, 0.29) is 25.7 Å². The highest BCUT2D eigenvalue weighted by atomic mass is 35.5. The van der Waals surface area contributed by atoms with Gasteiger partial charge in [-0.05, 0) is 62.6 Å². The van der Waals surface area contributed by atoms with Crippen molar-refractivity contribution in [1.29, 1.82) is 0 Å². The molecule has 0 fully saturated rings. The molecule has 216 valence electrons. The Morgan fingerprint density at radius 3 is 2.31 bits per heavy atom. The molecule has 9 heteroatoms. The van der Waals surface area contributed by atoms with E-state index in [0.717, 1.165) is 112 Å². The summed E-state index contributed by atoms with van der Waals surface area (Å²) in [5.41, 5.74) is 7.98. The molecule has 0 aromatic heterocycles. The molecule has 3 aromatic rings. The molecule has 0 amide bonds. The number of anilines is 1. The van der Waals surface area contributed by atoms with Crippen LogP contribution >= 0.6 is 46.4 Å². The van der Waals surface area contributed by atoms with E-state index < -0.39 is 5.97 Å². The van der Waals surface area contributed by atoms with Crippen LogP contribution in [0.15, 0.2) is 12.1 Å². The molecule has 0 saturated carbocycles. The summed E-state index contributed by atoms with van der Waals surface area (Å²) in [5.74, 6) is 0.409. The second-order valence-corrected chi connectivity index (χ2v) is 13.5. The molecule has 5 nitrogen and oxygen atoms in total. The quantitative estimate of drug-likeness (QED) is 0.148. The van der Waals surface area contributed by atoms with E-state index in [2.05, 4.69) is 21.6 Å². The Morgan fingerprint density at radius 1 is 0.786 bits per heavy atom. The second-order valence-electron chi connectivity index (χ2n) is 12.0. The molecule has 0 saturated heterocycles. The Hall–Kier alpha value is -2.44. The molecule has 3 aromatic carbocycles. The van der Waals surface area contributed by atoms with E-state index in [0.29, 0.717) is 5.56 Å². The number of fused-ring (bicyclic) bond motifs is 4. The standard InChI is InChI=1S/C33H28Cl4N2O3/c34-25-23(24(33(40)41)26(35)28(37)27(25)36)22-20-14-16-6-1-2-10-38-12-4-8-18(29(16)38)31(20)42-32-19-9-5-13-39-11-3-7-17(30(19)39)15-21(22)32/h14-15H,1-13H2/p+1. The van der Waals surface area contributed by atoms with Crippen LogP contribution in [0.4, 0.5) is 5.69 Å². The minimum atomic E-state index is -1.20. The lowest BCUT2D eigenvalue weighted by atomic mass is 9.82. The highest BCUT2D eigenvalue weighted by molar-refractivity contribution is 6.53. The summed E-state index contributed by atoms with van der Waals surface area (Å²) in [6, 6.07) is 4.41. The largest absolute Gasteiger partial charge is 0.478 e. The Bertz CT molecular complexity index is 1880. The van der Waals surface area contributed by atoms with E-state index in [1.807, 2.05) is 0 Å². The minimum absolute atomic E-state index is 0.0539. The topological polar surface area (TPSA) is 52.8 Å². The monoisotopic (exact) mass is 641 g/mol. The van der Waals surface area contributed by atoms with E-state index in [4.69, 9.17) is 51.1 Å². The normalized spacial score (nSPS) is 18.4. The van der Waals surface area contributed by atoms with Crippen LogP contribution in [0.5, 0.6) is 11.5 Å². The summed E-state index contributed by atoms with van der Waals surface area (Å²) in [4.78, 5) is 15.4. The van der Waals surface area contributed by atoms with Gasteiger partial charge in [-0.25, -0.2) is 9.37 Å². The first-order valence-corrected chi connectivity index (χ1v) is 16.4. The molecule has 5 heterocycles. The number of carboxylic acids is 1. The zero-order valence-electron chi connectivity index (χ0n) is 23.0. The first-order valence-electron chi connectivity index (χ1n) is 14.9. The number of carbonyl (C=O) groups is 1. The maximum Gasteiger partial charge on any atom is 0.337 e. The Balaban J connectivity index is 1.58. The van der Waals surface area contributed by atoms with Crippen LogP contribution in [0.3, 0.4) is 0 Å². The molecule has 42 heavy (non-hydrogen) atoms. The van der Waals surface area contributed by atoms with Gasteiger partial charge in [0.15, 0.2) is 0 Å². The number of halogens is 4. The van der Waals surface area contributed by atoms with E-state index in [1.54, 1.807) is 0 Å². The van der Waals surface area contributed by atoms with Gasteiger partial charge >= 0.3 is 5.97 Å². The number of aromatic carboxylic acids is 1. The molecular weight excluding hydrogens is 614 g/mol. The van der Waals surface area contributed by atoms with Crippen molar-refractivity contribution in [2.24, 2.45) is 0 Å². The van der Waals surface area contributed by atoms with Gasteiger partial charge in [0, 0.05) is 64.7 Å². The number of aryl methyl sites for hydroxylation is 2. The molecule has 0 radical (unpaired) electrons. The Morgan fingerprint density at radius 2 is 1.50 bits per heavy atom. The third-order valence-electron chi connectivity index (χ3n) is 9.67. The number of nitrogens with zero attached hydrogens (tertiary/aromatic N) is 2. The van der Waals surface area contributed by atoms with Gasteiger partial charge < -0.3 is 14.7 Å². The predicted molar refractivity (Wildman–Crippen MR) is 168 cm³/mol. The van der Waals surface area contributed by atoms with Gasteiger partial charge in [-0.15, -0.1) is 0 Å². The minimum Gasteiger partial charge on any atom is -0.478 e. The second kappa shape index (κ2) is 10.1. The summed E-state index contributed by atoms with van der Waals surface area (Å²) in [6.07, 6.45) is 9.11. The van der Waals surface area contributed by atoms with Gasteiger partial charge in [-0.2, -0.15) is 0 Å². The van der Waals surface area contributed by atoms with Crippen LogP contribution in [0.2, 0.25) is 20.1 Å². The number of carboxylic acid groups (broad SMARTS) is 1. The lowest BCUT2D eigenvalue weighted by molar-refractivity contribution is 0.0696. The first-order chi connectivity index (χ1) is 20.3. The number of benzene rings is 3. The van der Waals surface area contributed by atoms with Gasteiger partial charge in [0.1, 0.15) is 24.6 Å². The zero-order valence-corrected chi connectivity index (χ0v) is 26.0. The number of hydrogen-bond acceptors (Lipinski definition) is 3. The highest BCUT2D eigenvalue weighted by Crippen LogP contribution is 2.51. The molecule has 5 aliphatic rings. The Kier molecular flexibility index (Phi) is 6.49. The highest BCUT2D eigenvalue weighted by Gasteiger charge is 2.38. The third kappa shape index (κ3) is 3.83. The summed E-state index contributed by atoms with van der Waals surface area (Å²) < 4.78 is 9.57. The van der Waals surface area contributed by atoms with Crippen molar-refractivity contribution in [2.45, 2.75) is 57.8 Å². The lowest BCUT2D eigenvalue weighted by Gasteiger charge is -2.36. The van der Waals surface area contributed by atoms with Crippen LogP contribution in [-0.2, 0) is 25.7 Å². The van der Waals surface area contributed by atoms with Gasteiger partial charge in [0.2, 0.25) is 5.36 Å². The van der Waals surface area contributed by atoms with Crippen LogP contribution < -0.4 is 24.8 Å². The van der Waals surface area contributed by atoms with Crippen molar-refractivity contribution >= 4 is 63.6 Å². The van der Waals surface area contributed by atoms with E-state index >= 15 is 0 Å². The summed E-state index contributed by atoms with van der Waals surface area (Å²) in [5, 5.41) is 12.6. The molecule has 0 aliphatic carbocycles. The van der Waals surface area contributed by atoms with Crippen LogP contribution in [0.1, 0.15) is 75.8 Å². The first kappa shape index (κ1) is 27.1. The van der Waals surface area contributed by atoms with E-state index in [9.17, 15) is 9.90 Å². The van der Waals surface area contributed by atoms with Crippen molar-refractivity contribution < 1.29 is 14.6 Å². The maximum atomic E-state index is 12.9. The van der Waals surface area contributed by atoms with Crippen molar-refractivity contribution in [3.8, 4) is 11.5 Å². The molecule has 0 bridgehead atoms. The van der Waals surface area contributed by atoms with Gasteiger partial charge in [-0.3, -0.25) is 0 Å². The average Bonchev–Trinajstić information content (AvgIpc) is 3.20. The number of hydrogen-bond donors (Lipinski definition) is 1. The van der Waals surface area contributed by atoms with Crippen molar-refractivity contribution in [3.05, 3.63) is 81.7 Å². The van der Waals surface area contributed by atoms with Crippen molar-refractivity contribution in [1.82, 2.24) is 4.58 Å². The maximum absolute atomic E-state index is 12.9.